The fourth-order valence-corrected chi connectivity index (χ4v) is 3.03. The summed E-state index contributed by atoms with van der Waals surface area (Å²) in [7, 11) is 1.78. The summed E-state index contributed by atoms with van der Waals surface area (Å²) in [6.07, 6.45) is 6.17. The molecule has 1 aliphatic heterocycles. The molecular formula is C18H26N2O. The molecule has 21 heavy (non-hydrogen) atoms. The van der Waals surface area contributed by atoms with Crippen molar-refractivity contribution < 1.29 is 4.74 Å². The van der Waals surface area contributed by atoms with Crippen molar-refractivity contribution in [3.63, 3.8) is 0 Å². The highest BCUT2D eigenvalue weighted by atomic mass is 16.5. The zero-order valence-electron chi connectivity index (χ0n) is 12.9. The summed E-state index contributed by atoms with van der Waals surface area (Å²) < 4.78 is 5.25. The number of benzene rings is 1. The summed E-state index contributed by atoms with van der Waals surface area (Å²) in [5.41, 5.74) is 2.87. The SMILES string of the molecule is COCC1=CCN(C(CNC2CC2)c2ccccc2)CC1. The van der Waals surface area contributed by atoms with Gasteiger partial charge in [-0.05, 0) is 30.4 Å². The lowest BCUT2D eigenvalue weighted by molar-refractivity contribution is 0.186. The van der Waals surface area contributed by atoms with Gasteiger partial charge in [-0.1, -0.05) is 36.4 Å². The van der Waals surface area contributed by atoms with Crippen LogP contribution in [-0.4, -0.2) is 44.3 Å². The predicted octanol–water partition coefficient (Wildman–Crippen LogP) is 2.76. The molecule has 1 fully saturated rings. The predicted molar refractivity (Wildman–Crippen MR) is 86.4 cm³/mol. The first-order chi connectivity index (χ1) is 10.4. The second-order valence-electron chi connectivity index (χ2n) is 6.15. The van der Waals surface area contributed by atoms with Gasteiger partial charge in [0.05, 0.1) is 6.61 Å². The number of rotatable bonds is 7. The second kappa shape index (κ2) is 7.21. The van der Waals surface area contributed by atoms with Gasteiger partial charge in [0.25, 0.3) is 0 Å². The summed E-state index contributed by atoms with van der Waals surface area (Å²) in [6.45, 7) is 4.00. The number of methoxy groups -OCH3 is 1. The van der Waals surface area contributed by atoms with Gasteiger partial charge in [-0.25, -0.2) is 0 Å². The smallest absolute Gasteiger partial charge is 0.0673 e. The molecule has 1 aromatic rings. The molecule has 1 aliphatic carbocycles. The molecule has 1 N–H and O–H groups in total. The summed E-state index contributed by atoms with van der Waals surface area (Å²) in [5, 5.41) is 3.70. The number of hydrogen-bond donors (Lipinski definition) is 1. The minimum atomic E-state index is 0.479. The zero-order chi connectivity index (χ0) is 14.5. The highest BCUT2D eigenvalue weighted by molar-refractivity contribution is 5.21. The monoisotopic (exact) mass is 286 g/mol. The van der Waals surface area contributed by atoms with E-state index >= 15 is 0 Å². The van der Waals surface area contributed by atoms with E-state index in [1.165, 1.54) is 24.0 Å². The average Bonchev–Trinajstić information content (AvgIpc) is 3.35. The van der Waals surface area contributed by atoms with E-state index in [0.29, 0.717) is 6.04 Å². The molecule has 0 bridgehead atoms. The topological polar surface area (TPSA) is 24.5 Å². The van der Waals surface area contributed by atoms with Gasteiger partial charge in [-0.3, -0.25) is 4.90 Å². The third-order valence-electron chi connectivity index (χ3n) is 4.47. The van der Waals surface area contributed by atoms with Crippen LogP contribution in [0.15, 0.2) is 42.0 Å². The van der Waals surface area contributed by atoms with Crippen molar-refractivity contribution in [1.82, 2.24) is 10.2 Å². The third kappa shape index (κ3) is 4.16. The van der Waals surface area contributed by atoms with Crippen molar-refractivity contribution in [2.75, 3.05) is 33.4 Å². The normalized spacial score (nSPS) is 21.1. The van der Waals surface area contributed by atoms with Crippen LogP contribution in [0.4, 0.5) is 0 Å². The fraction of sp³-hybridized carbons (Fsp3) is 0.556. The van der Waals surface area contributed by atoms with Crippen molar-refractivity contribution in [3.8, 4) is 0 Å². The maximum Gasteiger partial charge on any atom is 0.0673 e. The lowest BCUT2D eigenvalue weighted by Crippen LogP contribution is -2.39. The summed E-state index contributed by atoms with van der Waals surface area (Å²) in [4.78, 5) is 2.59. The Labute approximate surface area is 128 Å². The minimum Gasteiger partial charge on any atom is -0.380 e. The lowest BCUT2D eigenvalue weighted by atomic mass is 10.0. The maximum absolute atomic E-state index is 5.25. The summed E-state index contributed by atoms with van der Waals surface area (Å²) in [6, 6.07) is 12.2. The third-order valence-corrected chi connectivity index (χ3v) is 4.47. The first kappa shape index (κ1) is 14.8. The summed E-state index contributed by atoms with van der Waals surface area (Å²) >= 11 is 0. The van der Waals surface area contributed by atoms with Crippen LogP contribution < -0.4 is 5.32 Å². The van der Waals surface area contributed by atoms with Crippen molar-refractivity contribution in [3.05, 3.63) is 47.5 Å². The molecule has 3 nitrogen and oxygen atoms in total. The Bertz CT molecular complexity index is 467. The molecule has 1 aromatic carbocycles. The number of ether oxygens (including phenoxy) is 1. The standard InChI is InChI=1S/C18H26N2O/c1-21-14-15-9-11-20(12-10-15)18(13-19-17-7-8-17)16-5-3-2-4-6-16/h2-6,9,17-19H,7-8,10-14H2,1H3. The first-order valence-electron chi connectivity index (χ1n) is 8.06. The van der Waals surface area contributed by atoms with Crippen LogP contribution in [0.5, 0.6) is 0 Å². The van der Waals surface area contributed by atoms with Gasteiger partial charge >= 0.3 is 0 Å². The van der Waals surface area contributed by atoms with Crippen LogP contribution in [0.2, 0.25) is 0 Å². The van der Waals surface area contributed by atoms with Crippen LogP contribution in [0.1, 0.15) is 30.9 Å². The molecule has 0 spiro atoms. The minimum absolute atomic E-state index is 0.479. The zero-order valence-corrected chi connectivity index (χ0v) is 12.9. The van der Waals surface area contributed by atoms with Crippen molar-refractivity contribution >= 4 is 0 Å². The molecular weight excluding hydrogens is 260 g/mol. The van der Waals surface area contributed by atoms with Gasteiger partial charge in [-0.2, -0.15) is 0 Å². The van der Waals surface area contributed by atoms with Gasteiger partial charge in [0.15, 0.2) is 0 Å². The van der Waals surface area contributed by atoms with Crippen molar-refractivity contribution in [2.45, 2.75) is 31.3 Å². The van der Waals surface area contributed by atoms with E-state index in [1.54, 1.807) is 7.11 Å². The highest BCUT2D eigenvalue weighted by Crippen LogP contribution is 2.26. The van der Waals surface area contributed by atoms with Crippen LogP contribution in [0, 0.1) is 0 Å². The molecule has 1 heterocycles. The van der Waals surface area contributed by atoms with E-state index in [-0.39, 0.29) is 0 Å². The van der Waals surface area contributed by atoms with Gasteiger partial charge in [0, 0.05) is 38.8 Å². The Balaban J connectivity index is 1.66. The molecule has 1 atom stereocenters. The van der Waals surface area contributed by atoms with Crippen LogP contribution in [0.25, 0.3) is 0 Å². The van der Waals surface area contributed by atoms with E-state index in [1.807, 2.05) is 0 Å². The fourth-order valence-electron chi connectivity index (χ4n) is 3.03. The van der Waals surface area contributed by atoms with Gasteiger partial charge < -0.3 is 10.1 Å². The van der Waals surface area contributed by atoms with E-state index in [0.717, 1.165) is 38.7 Å². The van der Waals surface area contributed by atoms with Gasteiger partial charge in [0.1, 0.15) is 0 Å². The molecule has 3 rings (SSSR count). The molecule has 1 saturated carbocycles. The van der Waals surface area contributed by atoms with E-state index in [9.17, 15) is 0 Å². The maximum atomic E-state index is 5.25. The number of hydrogen-bond acceptors (Lipinski definition) is 3. The Kier molecular flexibility index (Phi) is 5.07. The van der Waals surface area contributed by atoms with Crippen LogP contribution in [0.3, 0.4) is 0 Å². The molecule has 0 radical (unpaired) electrons. The Morgan fingerprint density at radius 1 is 1.29 bits per heavy atom. The lowest BCUT2D eigenvalue weighted by Gasteiger charge is -2.34. The van der Waals surface area contributed by atoms with Gasteiger partial charge in [-0.15, -0.1) is 0 Å². The van der Waals surface area contributed by atoms with Crippen molar-refractivity contribution in [2.24, 2.45) is 0 Å². The van der Waals surface area contributed by atoms with E-state index in [4.69, 9.17) is 4.74 Å². The molecule has 1 unspecified atom stereocenters. The quantitative estimate of drug-likeness (QED) is 0.780. The Morgan fingerprint density at radius 2 is 2.10 bits per heavy atom. The first-order valence-corrected chi connectivity index (χ1v) is 8.06. The molecule has 2 aliphatic rings. The van der Waals surface area contributed by atoms with E-state index in [2.05, 4.69) is 46.6 Å². The second-order valence-corrected chi connectivity index (χ2v) is 6.15. The van der Waals surface area contributed by atoms with Crippen LogP contribution >= 0.6 is 0 Å². The number of nitrogens with one attached hydrogen (secondary N) is 1. The molecule has 0 amide bonds. The Morgan fingerprint density at radius 3 is 2.71 bits per heavy atom. The van der Waals surface area contributed by atoms with Crippen LogP contribution in [-0.2, 0) is 4.74 Å². The average molecular weight is 286 g/mol. The molecule has 0 aromatic heterocycles. The Hall–Kier alpha value is -1.16. The highest BCUT2D eigenvalue weighted by Gasteiger charge is 2.26. The van der Waals surface area contributed by atoms with Gasteiger partial charge in [0.2, 0.25) is 0 Å². The van der Waals surface area contributed by atoms with Crippen molar-refractivity contribution in [1.29, 1.82) is 0 Å². The molecule has 3 heteroatoms. The molecule has 114 valence electrons. The number of nitrogens with zero attached hydrogens (tertiary/aromatic N) is 1. The summed E-state index contributed by atoms with van der Waals surface area (Å²) in [5.74, 6) is 0. The molecule has 0 saturated heterocycles. The largest absolute Gasteiger partial charge is 0.380 e. The van der Waals surface area contributed by atoms with E-state index < -0.39 is 0 Å².